The highest BCUT2D eigenvalue weighted by Gasteiger charge is 2.44. The van der Waals surface area contributed by atoms with E-state index in [0.717, 1.165) is 24.2 Å². The molecule has 134 valence electrons. The van der Waals surface area contributed by atoms with Gasteiger partial charge in [0.1, 0.15) is 16.5 Å². The van der Waals surface area contributed by atoms with Crippen LogP contribution in [-0.4, -0.2) is 17.4 Å². The van der Waals surface area contributed by atoms with Crippen molar-refractivity contribution >= 4 is 17.2 Å². The van der Waals surface area contributed by atoms with Crippen LogP contribution < -0.4 is 5.32 Å². The number of furan rings is 1. The number of aromatic nitrogens is 1. The highest BCUT2D eigenvalue weighted by molar-refractivity contribution is 7.17. The minimum Gasteiger partial charge on any atom is -0.459 e. The van der Waals surface area contributed by atoms with E-state index in [4.69, 9.17) is 4.42 Å². The molecule has 26 heavy (non-hydrogen) atoms. The summed E-state index contributed by atoms with van der Waals surface area (Å²) in [6.07, 6.45) is 2.00. The molecule has 0 saturated heterocycles. The predicted octanol–water partition coefficient (Wildman–Crippen LogP) is 4.62. The van der Waals surface area contributed by atoms with E-state index in [2.05, 4.69) is 10.3 Å². The van der Waals surface area contributed by atoms with Crippen LogP contribution in [0.2, 0.25) is 0 Å². The first-order valence-electron chi connectivity index (χ1n) is 8.55. The minimum absolute atomic E-state index is 0.0666. The van der Waals surface area contributed by atoms with Gasteiger partial charge < -0.3 is 9.73 Å². The largest absolute Gasteiger partial charge is 0.459 e. The Balaban J connectivity index is 1.47. The molecular formula is C20H19FN2O2S. The van der Waals surface area contributed by atoms with Gasteiger partial charge in [0, 0.05) is 12.0 Å². The number of nitrogens with one attached hydrogen (secondary N) is 1. The van der Waals surface area contributed by atoms with Crippen molar-refractivity contribution in [1.29, 1.82) is 0 Å². The molecule has 0 atom stereocenters. The van der Waals surface area contributed by atoms with Crippen LogP contribution in [0, 0.1) is 19.7 Å². The number of carbonyl (C=O) groups excluding carboxylic acids is 1. The predicted molar refractivity (Wildman–Crippen MR) is 98.9 cm³/mol. The lowest BCUT2D eigenvalue weighted by atomic mass is 9.96. The van der Waals surface area contributed by atoms with Crippen LogP contribution in [0.25, 0.3) is 10.8 Å². The van der Waals surface area contributed by atoms with Crippen LogP contribution in [0.5, 0.6) is 0 Å². The zero-order chi connectivity index (χ0) is 18.3. The smallest absolute Gasteiger partial charge is 0.263 e. The summed E-state index contributed by atoms with van der Waals surface area (Å²) in [6.45, 7) is 4.25. The molecule has 3 aromatic rings. The number of rotatable bonds is 5. The quantitative estimate of drug-likeness (QED) is 0.713. The molecule has 1 N–H and O–H groups in total. The molecule has 0 radical (unpaired) electrons. The lowest BCUT2D eigenvalue weighted by Crippen LogP contribution is -2.32. The van der Waals surface area contributed by atoms with Gasteiger partial charge in [-0.25, -0.2) is 9.37 Å². The number of carbonyl (C=O) groups is 1. The average Bonchev–Trinajstić information content (AvgIpc) is 3.13. The van der Waals surface area contributed by atoms with Gasteiger partial charge in [0.25, 0.3) is 5.91 Å². The van der Waals surface area contributed by atoms with Gasteiger partial charge in [-0.2, -0.15) is 0 Å². The highest BCUT2D eigenvalue weighted by atomic mass is 32.1. The lowest BCUT2D eigenvalue weighted by Gasteiger charge is -2.16. The lowest BCUT2D eigenvalue weighted by molar-refractivity contribution is 0.0953. The second kappa shape index (κ2) is 6.36. The van der Waals surface area contributed by atoms with Crippen LogP contribution in [0.3, 0.4) is 0 Å². The molecule has 1 saturated carbocycles. The summed E-state index contributed by atoms with van der Waals surface area (Å²) < 4.78 is 18.7. The first-order valence-corrected chi connectivity index (χ1v) is 9.37. The van der Waals surface area contributed by atoms with Gasteiger partial charge in [-0.1, -0.05) is 12.1 Å². The maximum absolute atomic E-state index is 13.1. The Hall–Kier alpha value is -2.47. The molecule has 2 aromatic heterocycles. The van der Waals surface area contributed by atoms with E-state index in [0.29, 0.717) is 27.9 Å². The zero-order valence-electron chi connectivity index (χ0n) is 14.6. The average molecular weight is 370 g/mol. The van der Waals surface area contributed by atoms with Crippen LogP contribution in [0.4, 0.5) is 4.39 Å². The fraction of sp³-hybridized carbons (Fsp3) is 0.300. The molecule has 0 bridgehead atoms. The van der Waals surface area contributed by atoms with Crippen molar-refractivity contribution in [1.82, 2.24) is 10.3 Å². The molecule has 4 rings (SSSR count). The van der Waals surface area contributed by atoms with Crippen molar-refractivity contribution < 1.29 is 13.6 Å². The number of hydrogen-bond donors (Lipinski definition) is 1. The normalized spacial score (nSPS) is 15.0. The van der Waals surface area contributed by atoms with Crippen LogP contribution in [0.15, 0.2) is 40.8 Å². The third kappa shape index (κ3) is 3.17. The molecule has 1 amide bonds. The van der Waals surface area contributed by atoms with Gasteiger partial charge in [0.05, 0.1) is 5.69 Å². The summed E-state index contributed by atoms with van der Waals surface area (Å²) in [7, 11) is 0. The topological polar surface area (TPSA) is 55.1 Å². The van der Waals surface area contributed by atoms with E-state index in [-0.39, 0.29) is 17.1 Å². The third-order valence-electron chi connectivity index (χ3n) is 4.85. The summed E-state index contributed by atoms with van der Waals surface area (Å²) in [5, 5.41) is 3.74. The maximum Gasteiger partial charge on any atom is 0.263 e. The first-order chi connectivity index (χ1) is 12.5. The van der Waals surface area contributed by atoms with E-state index in [1.54, 1.807) is 0 Å². The van der Waals surface area contributed by atoms with Gasteiger partial charge in [-0.3, -0.25) is 4.79 Å². The number of benzene rings is 1. The fourth-order valence-electron chi connectivity index (χ4n) is 3.11. The number of thiazole rings is 1. The molecule has 4 nitrogen and oxygen atoms in total. The number of halogens is 1. The maximum atomic E-state index is 13.1. The number of aryl methyl sites for hydroxylation is 2. The molecule has 6 heteroatoms. The molecular weight excluding hydrogens is 351 g/mol. The van der Waals surface area contributed by atoms with Crippen molar-refractivity contribution in [3.8, 4) is 10.8 Å². The van der Waals surface area contributed by atoms with Gasteiger partial charge in [-0.15, -0.1) is 11.3 Å². The van der Waals surface area contributed by atoms with E-state index in [1.165, 1.54) is 23.5 Å². The Morgan fingerprint density at radius 3 is 2.58 bits per heavy atom. The van der Waals surface area contributed by atoms with Crippen LogP contribution in [0.1, 0.15) is 39.5 Å². The second-order valence-electron chi connectivity index (χ2n) is 6.81. The summed E-state index contributed by atoms with van der Waals surface area (Å²) in [6, 6.07) is 10.3. The van der Waals surface area contributed by atoms with Crippen molar-refractivity contribution in [2.24, 2.45) is 0 Å². The Morgan fingerprint density at radius 1 is 1.23 bits per heavy atom. The van der Waals surface area contributed by atoms with E-state index >= 15 is 0 Å². The second-order valence-corrected chi connectivity index (χ2v) is 7.81. The summed E-state index contributed by atoms with van der Waals surface area (Å²) in [5.41, 5.74) is 1.71. The Bertz CT molecular complexity index is 955. The summed E-state index contributed by atoms with van der Waals surface area (Å²) in [5.74, 6) is 1.13. The van der Waals surface area contributed by atoms with E-state index < -0.39 is 0 Å². The van der Waals surface area contributed by atoms with Crippen molar-refractivity contribution in [3.05, 3.63) is 64.1 Å². The molecule has 1 fully saturated rings. The minimum atomic E-state index is -0.241. The van der Waals surface area contributed by atoms with Crippen LogP contribution in [-0.2, 0) is 5.41 Å². The standard InChI is InChI=1S/C20H19FN2O2S/c1-12-3-8-16(25-12)19-23-13(2)17(26-19)18(24)22-11-20(9-10-20)14-4-6-15(21)7-5-14/h3-8H,9-11H2,1-2H3,(H,22,24). The molecule has 0 aliphatic heterocycles. The first kappa shape index (κ1) is 17.0. The van der Waals surface area contributed by atoms with E-state index in [1.807, 2.05) is 38.1 Å². The molecule has 1 aliphatic rings. The Labute approximate surface area is 155 Å². The highest BCUT2D eigenvalue weighted by Crippen LogP contribution is 2.47. The molecule has 2 heterocycles. The summed E-state index contributed by atoms with van der Waals surface area (Å²) in [4.78, 5) is 17.7. The van der Waals surface area contributed by atoms with Gasteiger partial charge in [0.15, 0.2) is 10.8 Å². The van der Waals surface area contributed by atoms with Crippen molar-refractivity contribution in [2.75, 3.05) is 6.54 Å². The van der Waals surface area contributed by atoms with Gasteiger partial charge in [-0.05, 0) is 56.5 Å². The number of amides is 1. The monoisotopic (exact) mass is 370 g/mol. The zero-order valence-corrected chi connectivity index (χ0v) is 15.5. The van der Waals surface area contributed by atoms with Crippen LogP contribution >= 0.6 is 11.3 Å². The molecule has 1 aliphatic carbocycles. The van der Waals surface area contributed by atoms with Gasteiger partial charge in [0.2, 0.25) is 0 Å². The Morgan fingerprint density at radius 2 is 1.96 bits per heavy atom. The summed E-state index contributed by atoms with van der Waals surface area (Å²) >= 11 is 1.34. The van der Waals surface area contributed by atoms with Crippen molar-refractivity contribution in [3.63, 3.8) is 0 Å². The fourth-order valence-corrected chi connectivity index (χ4v) is 4.06. The van der Waals surface area contributed by atoms with Crippen molar-refractivity contribution in [2.45, 2.75) is 32.1 Å². The molecule has 0 unspecified atom stereocenters. The SMILES string of the molecule is Cc1ccc(-c2nc(C)c(C(=O)NCC3(c4ccc(F)cc4)CC3)s2)o1. The molecule has 0 spiro atoms. The number of nitrogens with zero attached hydrogens (tertiary/aromatic N) is 1. The van der Waals surface area contributed by atoms with E-state index in [9.17, 15) is 9.18 Å². The molecule has 1 aromatic carbocycles. The number of hydrogen-bond acceptors (Lipinski definition) is 4. The van der Waals surface area contributed by atoms with Gasteiger partial charge >= 0.3 is 0 Å². The third-order valence-corrected chi connectivity index (χ3v) is 6.02. The Kier molecular flexibility index (Phi) is 4.15.